The maximum absolute atomic E-state index is 12.4. The molecule has 2 aromatic rings. The third-order valence-electron chi connectivity index (χ3n) is 4.85. The first-order chi connectivity index (χ1) is 11.3. The highest BCUT2D eigenvalue weighted by Crippen LogP contribution is 2.26. The van der Waals surface area contributed by atoms with Gasteiger partial charge in [-0.05, 0) is 12.8 Å². The van der Waals surface area contributed by atoms with E-state index in [0.29, 0.717) is 11.3 Å². The molecule has 124 valence electrons. The van der Waals surface area contributed by atoms with Crippen LogP contribution in [-0.4, -0.2) is 59.1 Å². The molecule has 0 radical (unpaired) electrons. The first kappa shape index (κ1) is 14.8. The Morgan fingerprint density at radius 2 is 2.17 bits per heavy atom. The molecule has 8 heteroatoms. The van der Waals surface area contributed by atoms with E-state index in [-0.39, 0.29) is 23.5 Å². The molecule has 2 aromatic heterocycles. The Bertz CT molecular complexity index is 749. The summed E-state index contributed by atoms with van der Waals surface area (Å²) >= 11 is 0. The average molecular weight is 319 g/mol. The summed E-state index contributed by atoms with van der Waals surface area (Å²) in [7, 11) is 1.69. The lowest BCUT2D eigenvalue weighted by molar-refractivity contribution is 0.0831. The van der Waals surface area contributed by atoms with Gasteiger partial charge in [0.2, 0.25) is 0 Å². The van der Waals surface area contributed by atoms with Crippen molar-refractivity contribution >= 4 is 5.52 Å². The number of nitrogens with one attached hydrogen (secondary N) is 2. The Morgan fingerprint density at radius 1 is 1.35 bits per heavy atom. The van der Waals surface area contributed by atoms with E-state index in [2.05, 4.69) is 20.4 Å². The van der Waals surface area contributed by atoms with Crippen molar-refractivity contribution in [2.75, 3.05) is 33.4 Å². The molecule has 23 heavy (non-hydrogen) atoms. The Kier molecular flexibility index (Phi) is 3.88. The van der Waals surface area contributed by atoms with Crippen molar-refractivity contribution < 1.29 is 9.47 Å². The molecule has 0 bridgehead atoms. The van der Waals surface area contributed by atoms with Gasteiger partial charge in [-0.2, -0.15) is 5.10 Å². The molecule has 2 aliphatic rings. The van der Waals surface area contributed by atoms with Crippen LogP contribution < -0.4 is 10.9 Å². The van der Waals surface area contributed by atoms with Crippen molar-refractivity contribution in [1.82, 2.24) is 24.9 Å². The van der Waals surface area contributed by atoms with E-state index < -0.39 is 0 Å². The second-order valence-corrected chi connectivity index (χ2v) is 6.18. The smallest absolute Gasteiger partial charge is 0.276 e. The standard InChI is InChI=1S/C15H21N5O3/c1-22-12-8-16-6-10(12)13-18-15(21)11-7-17-14(20(11)19-13)9-2-4-23-5-3-9/h7,9-10,12,16H,2-6,8H2,1H3,(H,18,19,21). The number of aromatic nitrogens is 4. The SMILES string of the molecule is COC1CNCC1c1nn2c(C3CCOCC3)ncc2c(=O)[nH]1. The minimum absolute atomic E-state index is 0.0191. The largest absolute Gasteiger partial charge is 0.381 e. The molecule has 2 unspecified atom stereocenters. The summed E-state index contributed by atoms with van der Waals surface area (Å²) in [6.45, 7) is 2.97. The van der Waals surface area contributed by atoms with Crippen molar-refractivity contribution in [2.24, 2.45) is 0 Å². The summed E-state index contributed by atoms with van der Waals surface area (Å²) in [5.41, 5.74) is 0.345. The number of H-pyrrole nitrogens is 1. The van der Waals surface area contributed by atoms with Crippen LogP contribution in [0.5, 0.6) is 0 Å². The fourth-order valence-electron chi connectivity index (χ4n) is 3.51. The third-order valence-corrected chi connectivity index (χ3v) is 4.85. The molecule has 0 saturated carbocycles. The van der Waals surface area contributed by atoms with Gasteiger partial charge in [-0.25, -0.2) is 9.50 Å². The van der Waals surface area contributed by atoms with E-state index in [1.165, 1.54) is 0 Å². The maximum atomic E-state index is 12.4. The summed E-state index contributed by atoms with van der Waals surface area (Å²) in [6.07, 6.45) is 3.45. The van der Waals surface area contributed by atoms with Crippen molar-refractivity contribution in [2.45, 2.75) is 30.8 Å². The summed E-state index contributed by atoms with van der Waals surface area (Å²) in [5, 5.41) is 7.97. The van der Waals surface area contributed by atoms with Gasteiger partial charge in [-0.1, -0.05) is 0 Å². The molecule has 0 spiro atoms. The predicted octanol–water partition coefficient (Wildman–Crippen LogP) is 0.0134. The zero-order valence-electron chi connectivity index (χ0n) is 13.1. The molecule has 2 fully saturated rings. The van der Waals surface area contributed by atoms with Crippen LogP contribution in [0.3, 0.4) is 0 Å². The number of nitrogens with zero attached hydrogens (tertiary/aromatic N) is 3. The van der Waals surface area contributed by atoms with E-state index >= 15 is 0 Å². The van der Waals surface area contributed by atoms with Crippen molar-refractivity contribution in [3.8, 4) is 0 Å². The fourth-order valence-corrected chi connectivity index (χ4v) is 3.51. The first-order valence-electron chi connectivity index (χ1n) is 8.07. The fraction of sp³-hybridized carbons (Fsp3) is 0.667. The molecular formula is C15H21N5O3. The zero-order valence-corrected chi connectivity index (χ0v) is 13.1. The summed E-state index contributed by atoms with van der Waals surface area (Å²) in [4.78, 5) is 19.8. The van der Waals surface area contributed by atoms with Crippen molar-refractivity contribution in [3.05, 3.63) is 28.2 Å². The number of hydrogen-bond donors (Lipinski definition) is 2. The highest BCUT2D eigenvalue weighted by atomic mass is 16.5. The van der Waals surface area contributed by atoms with Gasteiger partial charge in [0.05, 0.1) is 18.2 Å². The van der Waals surface area contributed by atoms with E-state index in [0.717, 1.165) is 45.0 Å². The lowest BCUT2D eigenvalue weighted by Gasteiger charge is -2.21. The lowest BCUT2D eigenvalue weighted by atomic mass is 10.00. The van der Waals surface area contributed by atoms with Crippen LogP contribution in [0, 0.1) is 0 Å². The number of ether oxygens (including phenoxy) is 2. The van der Waals surface area contributed by atoms with Gasteiger partial charge < -0.3 is 19.8 Å². The first-order valence-corrected chi connectivity index (χ1v) is 8.07. The van der Waals surface area contributed by atoms with Crippen LogP contribution in [0.4, 0.5) is 0 Å². The Labute approximate surface area is 133 Å². The van der Waals surface area contributed by atoms with Gasteiger partial charge in [-0.15, -0.1) is 0 Å². The zero-order chi connectivity index (χ0) is 15.8. The number of aromatic amines is 1. The van der Waals surface area contributed by atoms with Gasteiger partial charge in [0, 0.05) is 39.3 Å². The van der Waals surface area contributed by atoms with Crippen LogP contribution in [0.25, 0.3) is 5.52 Å². The normalized spacial score (nSPS) is 26.1. The number of imidazole rings is 1. The van der Waals surface area contributed by atoms with Crippen molar-refractivity contribution in [1.29, 1.82) is 0 Å². The second kappa shape index (κ2) is 6.03. The molecule has 2 saturated heterocycles. The number of rotatable bonds is 3. The molecule has 0 amide bonds. The molecule has 0 aromatic carbocycles. The van der Waals surface area contributed by atoms with Gasteiger partial charge in [-0.3, -0.25) is 4.79 Å². The number of fused-ring (bicyclic) bond motifs is 1. The minimum atomic E-state index is -0.150. The third kappa shape index (κ3) is 2.56. The Hall–Kier alpha value is -1.77. The molecule has 4 rings (SSSR count). The average Bonchev–Trinajstić information content (AvgIpc) is 3.22. The molecule has 4 heterocycles. The van der Waals surface area contributed by atoms with Crippen LogP contribution in [0.1, 0.15) is 36.3 Å². The number of methoxy groups -OCH3 is 1. The Morgan fingerprint density at radius 3 is 2.96 bits per heavy atom. The van der Waals surface area contributed by atoms with Gasteiger partial charge in [0.1, 0.15) is 11.6 Å². The van der Waals surface area contributed by atoms with Crippen LogP contribution in [-0.2, 0) is 9.47 Å². The van der Waals surface area contributed by atoms with E-state index in [9.17, 15) is 4.79 Å². The lowest BCUT2D eigenvalue weighted by Crippen LogP contribution is -2.26. The quantitative estimate of drug-likeness (QED) is 0.828. The van der Waals surface area contributed by atoms with E-state index in [4.69, 9.17) is 9.47 Å². The van der Waals surface area contributed by atoms with E-state index in [1.807, 2.05) is 0 Å². The van der Waals surface area contributed by atoms with Gasteiger partial charge in [0.15, 0.2) is 5.52 Å². The molecule has 8 nitrogen and oxygen atoms in total. The van der Waals surface area contributed by atoms with Crippen LogP contribution >= 0.6 is 0 Å². The van der Waals surface area contributed by atoms with Gasteiger partial charge in [0.25, 0.3) is 5.56 Å². The topological polar surface area (TPSA) is 93.5 Å². The molecular weight excluding hydrogens is 298 g/mol. The van der Waals surface area contributed by atoms with Crippen molar-refractivity contribution in [3.63, 3.8) is 0 Å². The van der Waals surface area contributed by atoms with Crippen LogP contribution in [0.2, 0.25) is 0 Å². The molecule has 2 N–H and O–H groups in total. The Balaban J connectivity index is 1.77. The highest BCUT2D eigenvalue weighted by Gasteiger charge is 2.31. The summed E-state index contributed by atoms with van der Waals surface area (Å²) in [5.74, 6) is 1.84. The molecule has 0 aliphatic carbocycles. The second-order valence-electron chi connectivity index (χ2n) is 6.18. The summed E-state index contributed by atoms with van der Waals surface area (Å²) < 4.78 is 12.6. The highest BCUT2D eigenvalue weighted by molar-refractivity contribution is 5.42. The summed E-state index contributed by atoms with van der Waals surface area (Å²) in [6, 6.07) is 0. The number of hydrogen-bond acceptors (Lipinski definition) is 6. The predicted molar refractivity (Wildman–Crippen MR) is 82.8 cm³/mol. The monoisotopic (exact) mass is 319 g/mol. The molecule has 2 aliphatic heterocycles. The van der Waals surface area contributed by atoms with Crippen LogP contribution in [0.15, 0.2) is 11.0 Å². The van der Waals surface area contributed by atoms with E-state index in [1.54, 1.807) is 17.8 Å². The minimum Gasteiger partial charge on any atom is -0.381 e. The molecule has 2 atom stereocenters. The maximum Gasteiger partial charge on any atom is 0.276 e. The van der Waals surface area contributed by atoms with Gasteiger partial charge >= 0.3 is 0 Å².